The molecule has 2 aromatic rings. The molecule has 0 fully saturated rings. The second kappa shape index (κ2) is 7.58. The van der Waals surface area contributed by atoms with Crippen LogP contribution in [-0.4, -0.2) is 13.9 Å². The maximum atomic E-state index is 6.02. The Balaban J connectivity index is 0.00000176. The van der Waals surface area contributed by atoms with Crippen molar-refractivity contribution in [3.63, 3.8) is 0 Å². The molecule has 1 aliphatic rings. The molecule has 2 aromatic carbocycles. The molecule has 0 atom stereocenters. The molecule has 22 heavy (non-hydrogen) atoms. The van der Waals surface area contributed by atoms with Crippen LogP contribution in [0.15, 0.2) is 36.4 Å². The molecule has 0 saturated carbocycles. The largest absolute Gasteiger partial charge is 1.00 e. The number of hydrogen-bond acceptors (Lipinski definition) is 4. The molecule has 0 unspecified atom stereocenters. The first kappa shape index (κ1) is 16.7. The molecule has 0 aromatic heterocycles. The van der Waals surface area contributed by atoms with Crippen molar-refractivity contribution in [2.45, 2.75) is 13.1 Å². The molecule has 0 aliphatic carbocycles. The van der Waals surface area contributed by atoms with Gasteiger partial charge in [-0.3, -0.25) is 0 Å². The first-order chi connectivity index (χ1) is 10.3. The summed E-state index contributed by atoms with van der Waals surface area (Å²) in [5.41, 5.74) is 2.17. The highest BCUT2D eigenvalue weighted by Crippen LogP contribution is 2.32. The van der Waals surface area contributed by atoms with Gasteiger partial charge >= 0.3 is 0 Å². The average Bonchev–Trinajstić information content (AvgIpc) is 2.95. The molecule has 1 aliphatic heterocycles. The summed E-state index contributed by atoms with van der Waals surface area (Å²) in [7, 11) is 1.66. The summed E-state index contributed by atoms with van der Waals surface area (Å²) in [6.07, 6.45) is 0. The van der Waals surface area contributed by atoms with Gasteiger partial charge in [-0.25, -0.2) is 0 Å². The molecule has 118 valence electrons. The zero-order valence-electron chi connectivity index (χ0n) is 12.1. The zero-order chi connectivity index (χ0) is 14.7. The number of halogens is 2. The molecule has 6 heteroatoms. The summed E-state index contributed by atoms with van der Waals surface area (Å²) in [5.74, 6) is 2.43. The van der Waals surface area contributed by atoms with Crippen LogP contribution in [0.25, 0.3) is 0 Å². The number of benzene rings is 2. The van der Waals surface area contributed by atoms with Gasteiger partial charge in [0, 0.05) is 23.7 Å². The lowest BCUT2D eigenvalue weighted by molar-refractivity contribution is -0.00000600. The van der Waals surface area contributed by atoms with E-state index >= 15 is 0 Å². The predicted octanol–water partition coefficient (Wildman–Crippen LogP) is 0.371. The van der Waals surface area contributed by atoms with E-state index < -0.39 is 0 Å². The number of methoxy groups -OCH3 is 1. The van der Waals surface area contributed by atoms with E-state index in [4.69, 9.17) is 25.8 Å². The molecule has 1 heterocycles. The Kier molecular flexibility index (Phi) is 5.77. The summed E-state index contributed by atoms with van der Waals surface area (Å²) in [6.45, 7) is 1.70. The molecule has 0 saturated heterocycles. The molecule has 0 spiro atoms. The number of nitrogens with one attached hydrogen (secondary N) is 1. The Hall–Kier alpha value is -1.62. The summed E-state index contributed by atoms with van der Waals surface area (Å²) < 4.78 is 16.0. The van der Waals surface area contributed by atoms with E-state index in [-0.39, 0.29) is 12.4 Å². The van der Waals surface area contributed by atoms with E-state index in [1.165, 1.54) is 0 Å². The van der Waals surface area contributed by atoms with Gasteiger partial charge in [-0.05, 0) is 35.9 Å². The third-order valence-electron chi connectivity index (χ3n) is 3.32. The summed E-state index contributed by atoms with van der Waals surface area (Å²) >= 11 is 6.02. The van der Waals surface area contributed by atoms with E-state index in [2.05, 4.69) is 5.32 Å². The number of fused-ring (bicyclic) bond motifs is 1. The first-order valence-electron chi connectivity index (χ1n) is 6.68. The monoisotopic (exact) mass is 340 g/mol. The Morgan fingerprint density at radius 3 is 2.73 bits per heavy atom. The van der Waals surface area contributed by atoms with Gasteiger partial charge in [0.2, 0.25) is 6.79 Å². The molecule has 1 N–H and O–H groups in total. The topological polar surface area (TPSA) is 39.7 Å². The van der Waals surface area contributed by atoms with E-state index in [0.717, 1.165) is 34.9 Å². The SMILES string of the molecule is COc1ccc(Cl)cc1CNCc1ccc2c(c1)OCO2.[Cl-]. The van der Waals surface area contributed by atoms with Crippen molar-refractivity contribution in [3.8, 4) is 17.2 Å². The molecular weight excluding hydrogens is 325 g/mol. The minimum Gasteiger partial charge on any atom is -1.00 e. The highest BCUT2D eigenvalue weighted by molar-refractivity contribution is 6.30. The second-order valence-corrected chi connectivity index (χ2v) is 5.18. The molecular formula is C16H16Cl2NO3-. The second-order valence-electron chi connectivity index (χ2n) is 4.75. The van der Waals surface area contributed by atoms with E-state index in [9.17, 15) is 0 Å². The van der Waals surface area contributed by atoms with Gasteiger partial charge in [0.25, 0.3) is 0 Å². The number of rotatable bonds is 5. The van der Waals surface area contributed by atoms with Gasteiger partial charge in [-0.15, -0.1) is 0 Å². The standard InChI is InChI=1S/C16H16ClNO3.ClH/c1-19-14-5-3-13(17)7-12(14)9-18-8-11-2-4-15-16(6-11)21-10-20-15;/h2-7,18H,8-10H2,1H3;1H/p-1. The molecule has 0 bridgehead atoms. The van der Waals surface area contributed by atoms with Crippen LogP contribution in [0.1, 0.15) is 11.1 Å². The maximum Gasteiger partial charge on any atom is 0.231 e. The minimum absolute atomic E-state index is 0. The Morgan fingerprint density at radius 1 is 1.09 bits per heavy atom. The molecule has 3 rings (SSSR count). The van der Waals surface area contributed by atoms with Crippen LogP contribution in [0.5, 0.6) is 17.2 Å². The number of ether oxygens (including phenoxy) is 3. The normalized spacial score (nSPS) is 11.9. The molecule has 0 amide bonds. The van der Waals surface area contributed by atoms with Gasteiger partial charge in [-0.2, -0.15) is 0 Å². The molecule has 0 radical (unpaired) electrons. The number of hydrogen-bond donors (Lipinski definition) is 1. The Labute approximate surface area is 140 Å². The summed E-state index contributed by atoms with van der Waals surface area (Å²) in [5, 5.41) is 4.08. The van der Waals surface area contributed by atoms with Crippen molar-refractivity contribution in [2.75, 3.05) is 13.9 Å². The fraction of sp³-hybridized carbons (Fsp3) is 0.250. The minimum atomic E-state index is 0. The van der Waals surface area contributed by atoms with E-state index in [0.29, 0.717) is 18.4 Å². The maximum absolute atomic E-state index is 6.02. The lowest BCUT2D eigenvalue weighted by Gasteiger charge is -2.10. The van der Waals surface area contributed by atoms with Crippen molar-refractivity contribution in [3.05, 3.63) is 52.5 Å². The molecule has 4 nitrogen and oxygen atoms in total. The quantitative estimate of drug-likeness (QED) is 0.853. The van der Waals surface area contributed by atoms with Crippen LogP contribution >= 0.6 is 11.6 Å². The van der Waals surface area contributed by atoms with Crippen molar-refractivity contribution in [1.82, 2.24) is 5.32 Å². The van der Waals surface area contributed by atoms with Crippen molar-refractivity contribution < 1.29 is 26.6 Å². The lowest BCUT2D eigenvalue weighted by Crippen LogP contribution is -3.00. The van der Waals surface area contributed by atoms with Crippen LogP contribution in [-0.2, 0) is 13.1 Å². The highest BCUT2D eigenvalue weighted by atomic mass is 35.5. The van der Waals surface area contributed by atoms with E-state index in [1.807, 2.05) is 36.4 Å². The lowest BCUT2D eigenvalue weighted by atomic mass is 10.1. The predicted molar refractivity (Wildman–Crippen MR) is 81.1 cm³/mol. The van der Waals surface area contributed by atoms with Crippen LogP contribution in [0, 0.1) is 0 Å². The smallest absolute Gasteiger partial charge is 0.231 e. The van der Waals surface area contributed by atoms with Crippen LogP contribution in [0.3, 0.4) is 0 Å². The van der Waals surface area contributed by atoms with E-state index in [1.54, 1.807) is 7.11 Å². The Bertz CT molecular complexity index is 649. The van der Waals surface area contributed by atoms with Crippen LogP contribution < -0.4 is 31.9 Å². The fourth-order valence-corrected chi connectivity index (χ4v) is 2.47. The third-order valence-corrected chi connectivity index (χ3v) is 3.56. The van der Waals surface area contributed by atoms with Crippen molar-refractivity contribution in [1.29, 1.82) is 0 Å². The first-order valence-corrected chi connectivity index (χ1v) is 7.06. The van der Waals surface area contributed by atoms with Gasteiger partial charge in [0.1, 0.15) is 5.75 Å². The van der Waals surface area contributed by atoms with Gasteiger partial charge in [-0.1, -0.05) is 17.7 Å². The summed E-state index contributed by atoms with van der Waals surface area (Å²) in [4.78, 5) is 0. The third kappa shape index (κ3) is 3.77. The zero-order valence-corrected chi connectivity index (χ0v) is 13.6. The average molecular weight is 341 g/mol. The van der Waals surface area contributed by atoms with Crippen LogP contribution in [0.2, 0.25) is 5.02 Å². The Morgan fingerprint density at radius 2 is 1.91 bits per heavy atom. The van der Waals surface area contributed by atoms with Crippen LogP contribution in [0.4, 0.5) is 0 Å². The summed E-state index contributed by atoms with van der Waals surface area (Å²) in [6, 6.07) is 11.5. The van der Waals surface area contributed by atoms with Gasteiger partial charge in [0.15, 0.2) is 11.5 Å². The van der Waals surface area contributed by atoms with Crippen molar-refractivity contribution in [2.24, 2.45) is 0 Å². The van der Waals surface area contributed by atoms with Gasteiger partial charge < -0.3 is 31.9 Å². The van der Waals surface area contributed by atoms with Gasteiger partial charge in [0.05, 0.1) is 7.11 Å². The highest BCUT2D eigenvalue weighted by Gasteiger charge is 2.13. The fourth-order valence-electron chi connectivity index (χ4n) is 2.28. The van der Waals surface area contributed by atoms with Crippen molar-refractivity contribution >= 4 is 11.6 Å².